The summed E-state index contributed by atoms with van der Waals surface area (Å²) in [7, 11) is 0. The Hall–Kier alpha value is -2.66. The zero-order valence-corrected chi connectivity index (χ0v) is 19.1. The fourth-order valence-electron chi connectivity index (χ4n) is 5.13. The molecular formula is C26H30N4S. The predicted molar refractivity (Wildman–Crippen MR) is 130 cm³/mol. The van der Waals surface area contributed by atoms with Gasteiger partial charge in [0.2, 0.25) is 0 Å². The summed E-state index contributed by atoms with van der Waals surface area (Å²) in [6, 6.07) is 20.1. The van der Waals surface area contributed by atoms with Gasteiger partial charge in [0.05, 0.1) is 11.7 Å². The molecule has 0 radical (unpaired) electrons. The molecule has 2 aromatic heterocycles. The first-order valence-electron chi connectivity index (χ1n) is 11.4. The van der Waals surface area contributed by atoms with Gasteiger partial charge >= 0.3 is 0 Å². The lowest BCUT2D eigenvalue weighted by atomic mass is 9.99. The van der Waals surface area contributed by atoms with Gasteiger partial charge in [-0.3, -0.25) is 4.98 Å². The number of thiocarbonyl (C=S) groups is 1. The lowest BCUT2D eigenvalue weighted by Gasteiger charge is -2.30. The Morgan fingerprint density at radius 3 is 2.45 bits per heavy atom. The summed E-state index contributed by atoms with van der Waals surface area (Å²) < 4.78 is 2.50. The van der Waals surface area contributed by atoms with E-state index in [0.29, 0.717) is 12.0 Å². The maximum Gasteiger partial charge on any atom is 0.174 e. The first-order chi connectivity index (χ1) is 15.1. The summed E-state index contributed by atoms with van der Waals surface area (Å²) in [5, 5.41) is 4.36. The number of benzene rings is 1. The molecule has 1 saturated heterocycles. The number of hydrogen-bond acceptors (Lipinski definition) is 2. The molecule has 0 amide bonds. The molecule has 1 aliphatic carbocycles. The van der Waals surface area contributed by atoms with Crippen molar-refractivity contribution >= 4 is 23.0 Å². The first-order valence-corrected chi connectivity index (χ1v) is 11.8. The summed E-state index contributed by atoms with van der Waals surface area (Å²) in [6.07, 6.45) is 9.25. The maximum absolute atomic E-state index is 5.89. The Labute approximate surface area is 190 Å². The minimum atomic E-state index is 0.00790. The second-order valence-electron chi connectivity index (χ2n) is 9.02. The second-order valence-corrected chi connectivity index (χ2v) is 9.41. The number of hydrogen-bond donors (Lipinski definition) is 1. The zero-order valence-electron chi connectivity index (χ0n) is 18.2. The molecule has 5 heteroatoms. The Bertz CT molecular complexity index is 1030. The number of pyridine rings is 1. The van der Waals surface area contributed by atoms with Crippen molar-refractivity contribution in [3.05, 3.63) is 83.9 Å². The molecule has 3 aromatic rings. The van der Waals surface area contributed by atoms with E-state index in [1.807, 2.05) is 12.3 Å². The van der Waals surface area contributed by atoms with E-state index in [1.165, 1.54) is 36.9 Å². The van der Waals surface area contributed by atoms with Gasteiger partial charge in [-0.2, -0.15) is 0 Å². The highest BCUT2D eigenvalue weighted by Gasteiger charge is 2.42. The van der Waals surface area contributed by atoms with Crippen molar-refractivity contribution in [2.24, 2.45) is 0 Å². The largest absolute Gasteiger partial charge is 0.351 e. The molecule has 1 N–H and O–H groups in total. The molecular weight excluding hydrogens is 400 g/mol. The molecule has 2 fully saturated rings. The van der Waals surface area contributed by atoms with Gasteiger partial charge in [-0.25, -0.2) is 0 Å². The van der Waals surface area contributed by atoms with Crippen LogP contribution in [0.5, 0.6) is 0 Å². The number of aromatic nitrogens is 2. The van der Waals surface area contributed by atoms with E-state index in [9.17, 15) is 0 Å². The van der Waals surface area contributed by atoms with Crippen LogP contribution in [0, 0.1) is 0 Å². The van der Waals surface area contributed by atoms with Gasteiger partial charge < -0.3 is 14.8 Å². The van der Waals surface area contributed by atoms with Gasteiger partial charge in [-0.05, 0) is 72.9 Å². The highest BCUT2D eigenvalue weighted by molar-refractivity contribution is 7.80. The van der Waals surface area contributed by atoms with Crippen LogP contribution in [0.3, 0.4) is 0 Å². The van der Waals surface area contributed by atoms with E-state index >= 15 is 0 Å². The summed E-state index contributed by atoms with van der Waals surface area (Å²) in [4.78, 5) is 6.98. The van der Waals surface area contributed by atoms with Crippen molar-refractivity contribution in [3.8, 4) is 0 Å². The summed E-state index contributed by atoms with van der Waals surface area (Å²) >= 11 is 5.89. The van der Waals surface area contributed by atoms with Crippen LogP contribution < -0.4 is 10.2 Å². The highest BCUT2D eigenvalue weighted by Crippen LogP contribution is 2.43. The van der Waals surface area contributed by atoms with Crippen molar-refractivity contribution in [2.45, 2.75) is 63.6 Å². The fourth-order valence-corrected chi connectivity index (χ4v) is 5.47. The van der Waals surface area contributed by atoms with E-state index in [2.05, 4.69) is 88.3 Å². The van der Waals surface area contributed by atoms with E-state index in [1.54, 1.807) is 0 Å². The van der Waals surface area contributed by atoms with Gasteiger partial charge in [-0.15, -0.1) is 0 Å². The van der Waals surface area contributed by atoms with Crippen molar-refractivity contribution in [3.63, 3.8) is 0 Å². The average Bonchev–Trinajstić information content (AvgIpc) is 3.53. The van der Waals surface area contributed by atoms with Crippen LogP contribution in [0.1, 0.15) is 80.5 Å². The van der Waals surface area contributed by atoms with Gasteiger partial charge in [0.25, 0.3) is 0 Å². The number of anilines is 1. The van der Waals surface area contributed by atoms with Crippen LogP contribution >= 0.6 is 12.2 Å². The molecule has 1 aliphatic heterocycles. The molecule has 0 bridgehead atoms. The van der Waals surface area contributed by atoms with E-state index in [4.69, 9.17) is 12.2 Å². The zero-order chi connectivity index (χ0) is 21.4. The van der Waals surface area contributed by atoms with Crippen LogP contribution in [0.4, 0.5) is 5.69 Å². The third-order valence-electron chi connectivity index (χ3n) is 6.77. The van der Waals surface area contributed by atoms with Gasteiger partial charge in [0.15, 0.2) is 5.11 Å². The van der Waals surface area contributed by atoms with Crippen molar-refractivity contribution < 1.29 is 0 Å². The molecule has 2 aliphatic rings. The number of nitrogens with zero attached hydrogens (tertiary/aromatic N) is 3. The quantitative estimate of drug-likeness (QED) is 0.482. The second kappa shape index (κ2) is 8.46. The maximum atomic E-state index is 5.89. The predicted octanol–water partition coefficient (Wildman–Crippen LogP) is 6.30. The molecule has 1 aromatic carbocycles. The van der Waals surface area contributed by atoms with Crippen LogP contribution in [0.25, 0.3) is 0 Å². The molecule has 31 heavy (non-hydrogen) atoms. The third-order valence-corrected chi connectivity index (χ3v) is 7.08. The van der Waals surface area contributed by atoms with Gasteiger partial charge in [-0.1, -0.05) is 44.9 Å². The SMILES string of the molecule is CC(C)c1ccc(N2C(=S)N[C@@H](c3ccccn3)[C@@H]2c2cccn2C2CCCC2)cc1. The van der Waals surface area contributed by atoms with Crippen LogP contribution in [-0.4, -0.2) is 14.7 Å². The summed E-state index contributed by atoms with van der Waals surface area (Å²) in [5.74, 6) is 0.509. The number of nitrogens with one attached hydrogen (secondary N) is 1. The molecule has 5 rings (SSSR count). The summed E-state index contributed by atoms with van der Waals surface area (Å²) in [6.45, 7) is 4.46. The van der Waals surface area contributed by atoms with Crippen molar-refractivity contribution in [1.29, 1.82) is 0 Å². The summed E-state index contributed by atoms with van der Waals surface area (Å²) in [5.41, 5.74) is 4.80. The van der Waals surface area contributed by atoms with E-state index < -0.39 is 0 Å². The first kappa shape index (κ1) is 20.3. The standard InChI is InChI=1S/C26H30N4S/c1-18(2)19-12-14-21(15-13-19)30-25(23-11-7-17-29(23)20-8-3-4-9-20)24(28-26(30)31)22-10-5-6-16-27-22/h5-7,10-18,20,24-25H,3-4,8-9H2,1-2H3,(H,28,31)/t24-,25-/m0/s1. The molecule has 0 unspecified atom stereocenters. The Kier molecular flexibility index (Phi) is 5.53. The Morgan fingerprint density at radius 1 is 1.00 bits per heavy atom. The lowest BCUT2D eigenvalue weighted by Crippen LogP contribution is -2.30. The minimum absolute atomic E-state index is 0.00790. The Morgan fingerprint density at radius 2 is 1.77 bits per heavy atom. The normalized spacial score (nSPS) is 21.8. The molecule has 2 atom stereocenters. The van der Waals surface area contributed by atoms with Gasteiger partial charge in [0.1, 0.15) is 6.04 Å². The van der Waals surface area contributed by atoms with Crippen LogP contribution in [0.2, 0.25) is 0 Å². The van der Waals surface area contributed by atoms with Gasteiger partial charge in [0, 0.05) is 29.8 Å². The fraction of sp³-hybridized carbons (Fsp3) is 0.385. The third kappa shape index (κ3) is 3.76. The molecule has 0 spiro atoms. The molecule has 1 saturated carbocycles. The molecule has 3 heterocycles. The molecule has 4 nitrogen and oxygen atoms in total. The van der Waals surface area contributed by atoms with E-state index in [-0.39, 0.29) is 12.1 Å². The minimum Gasteiger partial charge on any atom is -0.351 e. The van der Waals surface area contributed by atoms with Crippen molar-refractivity contribution in [2.75, 3.05) is 4.90 Å². The molecule has 160 valence electrons. The topological polar surface area (TPSA) is 33.1 Å². The van der Waals surface area contributed by atoms with Crippen molar-refractivity contribution in [1.82, 2.24) is 14.9 Å². The monoisotopic (exact) mass is 430 g/mol. The average molecular weight is 431 g/mol. The lowest BCUT2D eigenvalue weighted by molar-refractivity contribution is 0.461. The highest BCUT2D eigenvalue weighted by atomic mass is 32.1. The van der Waals surface area contributed by atoms with Crippen LogP contribution in [0.15, 0.2) is 67.0 Å². The van der Waals surface area contributed by atoms with Crippen LogP contribution in [-0.2, 0) is 0 Å². The van der Waals surface area contributed by atoms with E-state index in [0.717, 1.165) is 16.5 Å². The smallest absolute Gasteiger partial charge is 0.174 e. The Balaban J connectivity index is 1.59. The number of rotatable bonds is 5.